The molecule has 16 heavy (non-hydrogen) atoms. The Morgan fingerprint density at radius 2 is 2.12 bits per heavy atom. The quantitative estimate of drug-likeness (QED) is 0.797. The van der Waals surface area contributed by atoms with E-state index in [0.29, 0.717) is 0 Å². The van der Waals surface area contributed by atoms with Crippen LogP contribution in [0.25, 0.3) is 10.6 Å². The van der Waals surface area contributed by atoms with Gasteiger partial charge in [-0.15, -0.1) is 10.2 Å². The molecular formula is C11H11IN2OS. The molecule has 0 unspecified atom stereocenters. The van der Waals surface area contributed by atoms with Gasteiger partial charge in [-0.25, -0.2) is 0 Å². The minimum Gasteiger partial charge on any atom is -0.491 e. The third kappa shape index (κ3) is 2.91. The van der Waals surface area contributed by atoms with Crippen LogP contribution in [0.1, 0.15) is 13.8 Å². The molecule has 0 spiro atoms. The van der Waals surface area contributed by atoms with Gasteiger partial charge in [-0.3, -0.25) is 0 Å². The van der Waals surface area contributed by atoms with Crippen molar-refractivity contribution in [3.8, 4) is 16.3 Å². The highest BCUT2D eigenvalue weighted by molar-refractivity contribution is 14.1. The molecule has 0 saturated carbocycles. The zero-order valence-corrected chi connectivity index (χ0v) is 11.9. The number of aromatic nitrogens is 2. The maximum Gasteiger partial charge on any atom is 0.178 e. The molecule has 0 aliphatic heterocycles. The van der Waals surface area contributed by atoms with Gasteiger partial charge in [0.25, 0.3) is 0 Å². The lowest BCUT2D eigenvalue weighted by molar-refractivity contribution is 0.242. The van der Waals surface area contributed by atoms with Gasteiger partial charge in [0, 0.05) is 5.56 Å². The smallest absolute Gasteiger partial charge is 0.178 e. The summed E-state index contributed by atoms with van der Waals surface area (Å²) in [4.78, 5) is 0. The lowest BCUT2D eigenvalue weighted by atomic mass is 10.2. The SMILES string of the molecule is CC(C)Oc1cccc(-c2nnc(I)s2)c1. The first-order chi connectivity index (χ1) is 7.65. The van der Waals surface area contributed by atoms with Crippen LogP contribution in [0.2, 0.25) is 0 Å². The van der Waals surface area contributed by atoms with Gasteiger partial charge in [-0.05, 0) is 48.6 Å². The van der Waals surface area contributed by atoms with Crippen molar-refractivity contribution in [2.45, 2.75) is 20.0 Å². The van der Waals surface area contributed by atoms with Crippen molar-refractivity contribution < 1.29 is 4.74 Å². The Hall–Kier alpha value is -0.690. The molecule has 0 aliphatic carbocycles. The zero-order chi connectivity index (χ0) is 11.5. The van der Waals surface area contributed by atoms with E-state index < -0.39 is 0 Å². The minimum atomic E-state index is 0.185. The summed E-state index contributed by atoms with van der Waals surface area (Å²) in [5.41, 5.74) is 1.05. The zero-order valence-electron chi connectivity index (χ0n) is 8.98. The fraction of sp³-hybridized carbons (Fsp3) is 0.273. The summed E-state index contributed by atoms with van der Waals surface area (Å²) in [7, 11) is 0. The summed E-state index contributed by atoms with van der Waals surface area (Å²) >= 11 is 3.75. The third-order valence-electron chi connectivity index (χ3n) is 1.85. The van der Waals surface area contributed by atoms with Crippen molar-refractivity contribution >= 4 is 33.9 Å². The molecule has 0 radical (unpaired) electrons. The van der Waals surface area contributed by atoms with Crippen LogP contribution >= 0.6 is 33.9 Å². The Labute approximate surface area is 112 Å². The second-order valence-electron chi connectivity index (χ2n) is 3.55. The number of hydrogen-bond acceptors (Lipinski definition) is 4. The molecule has 84 valence electrons. The summed E-state index contributed by atoms with van der Waals surface area (Å²) in [5.74, 6) is 0.873. The molecule has 2 rings (SSSR count). The Kier molecular flexibility index (Phi) is 3.75. The molecule has 1 aromatic heterocycles. The molecule has 0 N–H and O–H groups in total. The molecule has 0 fully saturated rings. The molecule has 1 aromatic carbocycles. The van der Waals surface area contributed by atoms with E-state index in [1.54, 1.807) is 11.3 Å². The van der Waals surface area contributed by atoms with Crippen molar-refractivity contribution in [1.29, 1.82) is 0 Å². The van der Waals surface area contributed by atoms with E-state index in [0.717, 1.165) is 19.3 Å². The standard InChI is InChI=1S/C11H11IN2OS/c1-7(2)15-9-5-3-4-8(6-9)10-13-14-11(12)16-10/h3-7H,1-2H3. The number of benzene rings is 1. The lowest BCUT2D eigenvalue weighted by Crippen LogP contribution is -2.05. The highest BCUT2D eigenvalue weighted by atomic mass is 127. The van der Waals surface area contributed by atoms with Crippen molar-refractivity contribution in [2.75, 3.05) is 0 Å². The summed E-state index contributed by atoms with van der Waals surface area (Å²) in [6, 6.07) is 7.94. The Bertz CT molecular complexity index is 484. The van der Waals surface area contributed by atoms with E-state index in [9.17, 15) is 0 Å². The predicted molar refractivity (Wildman–Crippen MR) is 73.8 cm³/mol. The minimum absolute atomic E-state index is 0.185. The van der Waals surface area contributed by atoms with Crippen molar-refractivity contribution in [2.24, 2.45) is 0 Å². The van der Waals surface area contributed by atoms with Gasteiger partial charge in [-0.1, -0.05) is 23.5 Å². The Morgan fingerprint density at radius 1 is 1.31 bits per heavy atom. The van der Waals surface area contributed by atoms with Crippen LogP contribution in [-0.2, 0) is 0 Å². The largest absolute Gasteiger partial charge is 0.491 e. The van der Waals surface area contributed by atoms with Gasteiger partial charge in [0.15, 0.2) is 3.01 Å². The first-order valence-electron chi connectivity index (χ1n) is 4.91. The summed E-state index contributed by atoms with van der Waals surface area (Å²) in [6.07, 6.45) is 0.185. The number of hydrogen-bond donors (Lipinski definition) is 0. The number of rotatable bonds is 3. The van der Waals surface area contributed by atoms with E-state index >= 15 is 0 Å². The molecule has 0 atom stereocenters. The van der Waals surface area contributed by atoms with E-state index in [4.69, 9.17) is 4.74 Å². The second-order valence-corrected chi connectivity index (χ2v) is 6.29. The fourth-order valence-corrected chi connectivity index (χ4v) is 2.60. The van der Waals surface area contributed by atoms with Gasteiger partial charge >= 0.3 is 0 Å². The molecule has 5 heteroatoms. The van der Waals surface area contributed by atoms with Crippen LogP contribution < -0.4 is 4.74 Å². The Balaban J connectivity index is 2.28. The second kappa shape index (κ2) is 5.09. The van der Waals surface area contributed by atoms with Crippen LogP contribution in [0.3, 0.4) is 0 Å². The van der Waals surface area contributed by atoms with Crippen LogP contribution in [0.4, 0.5) is 0 Å². The molecule has 1 heterocycles. The summed E-state index contributed by atoms with van der Waals surface area (Å²) in [6.45, 7) is 4.03. The molecule has 2 aromatic rings. The van der Waals surface area contributed by atoms with E-state index in [-0.39, 0.29) is 6.10 Å². The summed E-state index contributed by atoms with van der Waals surface area (Å²) < 4.78 is 6.58. The van der Waals surface area contributed by atoms with Crippen LogP contribution in [0.15, 0.2) is 24.3 Å². The molecule has 0 amide bonds. The van der Waals surface area contributed by atoms with Gasteiger partial charge in [0.1, 0.15) is 10.8 Å². The van der Waals surface area contributed by atoms with Gasteiger partial charge in [-0.2, -0.15) is 0 Å². The average molecular weight is 346 g/mol. The van der Waals surface area contributed by atoms with Crippen LogP contribution in [0.5, 0.6) is 5.75 Å². The first-order valence-corrected chi connectivity index (χ1v) is 6.81. The lowest BCUT2D eigenvalue weighted by Gasteiger charge is -2.09. The van der Waals surface area contributed by atoms with Crippen LogP contribution in [-0.4, -0.2) is 16.3 Å². The molecule has 0 bridgehead atoms. The normalized spacial score (nSPS) is 10.8. The van der Waals surface area contributed by atoms with Crippen molar-refractivity contribution in [3.63, 3.8) is 0 Å². The van der Waals surface area contributed by atoms with Crippen LogP contribution in [0, 0.1) is 3.01 Å². The van der Waals surface area contributed by atoms with E-state index in [2.05, 4.69) is 32.8 Å². The fourth-order valence-electron chi connectivity index (χ4n) is 1.30. The Morgan fingerprint density at radius 3 is 2.75 bits per heavy atom. The number of halogens is 1. The van der Waals surface area contributed by atoms with E-state index in [1.165, 1.54) is 0 Å². The van der Waals surface area contributed by atoms with Crippen molar-refractivity contribution in [1.82, 2.24) is 10.2 Å². The topological polar surface area (TPSA) is 35.0 Å². The third-order valence-corrected chi connectivity index (χ3v) is 3.49. The van der Waals surface area contributed by atoms with Gasteiger partial charge in [0.05, 0.1) is 6.10 Å². The predicted octanol–water partition coefficient (Wildman–Crippen LogP) is 3.60. The summed E-state index contributed by atoms with van der Waals surface area (Å²) in [5, 5.41) is 9.04. The molecule has 0 aliphatic rings. The van der Waals surface area contributed by atoms with E-state index in [1.807, 2.05) is 38.1 Å². The first kappa shape index (κ1) is 11.8. The highest BCUT2D eigenvalue weighted by Gasteiger charge is 2.06. The molecule has 0 saturated heterocycles. The maximum absolute atomic E-state index is 5.64. The van der Waals surface area contributed by atoms with Gasteiger partial charge in [0.2, 0.25) is 0 Å². The van der Waals surface area contributed by atoms with Crippen molar-refractivity contribution in [3.05, 3.63) is 27.3 Å². The molecule has 3 nitrogen and oxygen atoms in total. The maximum atomic E-state index is 5.64. The molecular weight excluding hydrogens is 335 g/mol. The monoisotopic (exact) mass is 346 g/mol. The number of nitrogens with zero attached hydrogens (tertiary/aromatic N) is 2. The number of ether oxygens (including phenoxy) is 1. The highest BCUT2D eigenvalue weighted by Crippen LogP contribution is 2.27. The average Bonchev–Trinajstić information content (AvgIpc) is 2.64. The van der Waals surface area contributed by atoms with Gasteiger partial charge < -0.3 is 4.74 Å².